The summed E-state index contributed by atoms with van der Waals surface area (Å²) in [6.07, 6.45) is 2.28. The number of carbonyl (C=O) groups is 2. The lowest BCUT2D eigenvalue weighted by Crippen LogP contribution is -2.03. The second-order valence-electron chi connectivity index (χ2n) is 3.40. The number of methoxy groups -OCH3 is 1. The maximum Gasteiger partial charge on any atom is 0.340 e. The molecule has 1 aromatic heterocycles. The smallest absolute Gasteiger partial charge is 0.340 e. The van der Waals surface area contributed by atoms with Crippen LogP contribution in [0, 0.1) is 0 Å². The summed E-state index contributed by atoms with van der Waals surface area (Å²) in [5.41, 5.74) is 2.00. The van der Waals surface area contributed by atoms with Crippen molar-refractivity contribution in [2.24, 2.45) is 7.05 Å². The van der Waals surface area contributed by atoms with Gasteiger partial charge in [-0.2, -0.15) is 0 Å². The zero-order valence-electron chi connectivity index (χ0n) is 8.93. The Hall–Kier alpha value is -2.17. The van der Waals surface area contributed by atoms with Crippen LogP contribution in [0.1, 0.15) is 20.7 Å². The Morgan fingerprint density at radius 3 is 2.88 bits per heavy atom. The summed E-state index contributed by atoms with van der Waals surface area (Å²) in [4.78, 5) is 26.4. The summed E-state index contributed by atoms with van der Waals surface area (Å²) >= 11 is 0. The van der Waals surface area contributed by atoms with Gasteiger partial charge in [-0.3, -0.25) is 4.79 Å². The van der Waals surface area contributed by atoms with Crippen molar-refractivity contribution in [3.63, 3.8) is 0 Å². The number of ether oxygens (including phenoxy) is 1. The molecule has 0 saturated carbocycles. The summed E-state index contributed by atoms with van der Waals surface area (Å²) in [7, 11) is 3.09. The molecule has 0 aliphatic carbocycles. The molecule has 2 aromatic rings. The summed E-state index contributed by atoms with van der Waals surface area (Å²) in [6, 6.07) is 3.16. The number of esters is 1. The summed E-state index contributed by atoms with van der Waals surface area (Å²) in [5.74, 6) is -0.493. The number of benzene rings is 1. The Kier molecular flexibility index (Phi) is 2.44. The van der Waals surface area contributed by atoms with E-state index in [1.165, 1.54) is 13.2 Å². The molecule has 0 atom stereocenters. The van der Waals surface area contributed by atoms with Gasteiger partial charge in [-0.1, -0.05) is 0 Å². The van der Waals surface area contributed by atoms with Crippen LogP contribution in [0.25, 0.3) is 11.0 Å². The van der Waals surface area contributed by atoms with Crippen LogP contribution in [0.2, 0.25) is 0 Å². The molecule has 0 fully saturated rings. The number of aldehydes is 1. The van der Waals surface area contributed by atoms with Crippen LogP contribution < -0.4 is 0 Å². The molecule has 0 N–H and O–H groups in total. The minimum Gasteiger partial charge on any atom is -0.465 e. The normalized spacial score (nSPS) is 10.4. The van der Waals surface area contributed by atoms with Gasteiger partial charge in [0, 0.05) is 12.6 Å². The van der Waals surface area contributed by atoms with Crippen molar-refractivity contribution in [3.05, 3.63) is 29.6 Å². The van der Waals surface area contributed by atoms with E-state index >= 15 is 0 Å². The third-order valence-electron chi connectivity index (χ3n) is 2.39. The standard InChI is InChI=1S/C11H10N2O3/c1-13-6-12-10-8(11(15)16-2)3-7(5-14)4-9(10)13/h3-6H,1-2H3. The van der Waals surface area contributed by atoms with Crippen molar-refractivity contribution in [2.75, 3.05) is 7.11 Å². The fourth-order valence-corrected chi connectivity index (χ4v) is 1.59. The fraction of sp³-hybridized carbons (Fsp3) is 0.182. The van der Waals surface area contributed by atoms with E-state index in [1.807, 2.05) is 0 Å². The summed E-state index contributed by atoms with van der Waals surface area (Å²) in [6.45, 7) is 0. The van der Waals surface area contributed by atoms with Gasteiger partial charge in [0.05, 0.1) is 24.5 Å². The van der Waals surface area contributed by atoms with Crippen LogP contribution in [-0.2, 0) is 11.8 Å². The van der Waals surface area contributed by atoms with E-state index in [-0.39, 0.29) is 0 Å². The lowest BCUT2D eigenvalue weighted by Gasteiger charge is -2.02. The highest BCUT2D eigenvalue weighted by atomic mass is 16.5. The minimum absolute atomic E-state index is 0.308. The number of nitrogens with zero attached hydrogens (tertiary/aromatic N) is 2. The molecule has 1 heterocycles. The number of aryl methyl sites for hydroxylation is 1. The Balaban J connectivity index is 2.79. The Bertz CT molecular complexity index is 572. The van der Waals surface area contributed by atoms with Crippen molar-refractivity contribution in [1.82, 2.24) is 9.55 Å². The predicted octanol–water partition coefficient (Wildman–Crippen LogP) is 1.17. The van der Waals surface area contributed by atoms with Crippen molar-refractivity contribution >= 4 is 23.3 Å². The number of hydrogen-bond donors (Lipinski definition) is 0. The largest absolute Gasteiger partial charge is 0.465 e. The second kappa shape index (κ2) is 3.77. The van der Waals surface area contributed by atoms with Crippen LogP contribution in [0.15, 0.2) is 18.5 Å². The molecule has 0 saturated heterocycles. The van der Waals surface area contributed by atoms with Gasteiger partial charge in [-0.05, 0) is 12.1 Å². The van der Waals surface area contributed by atoms with Gasteiger partial charge in [0.1, 0.15) is 11.8 Å². The van der Waals surface area contributed by atoms with Gasteiger partial charge in [0.15, 0.2) is 0 Å². The van der Waals surface area contributed by atoms with Crippen molar-refractivity contribution in [1.29, 1.82) is 0 Å². The first-order chi connectivity index (χ1) is 7.67. The third kappa shape index (κ3) is 1.46. The highest BCUT2D eigenvalue weighted by Gasteiger charge is 2.15. The number of hydrogen-bond acceptors (Lipinski definition) is 4. The Morgan fingerprint density at radius 1 is 1.50 bits per heavy atom. The molecule has 2 rings (SSSR count). The SMILES string of the molecule is COC(=O)c1cc(C=O)cc2c1ncn2C. The van der Waals surface area contributed by atoms with E-state index in [0.29, 0.717) is 22.9 Å². The molecule has 0 radical (unpaired) electrons. The molecule has 0 aliphatic rings. The monoisotopic (exact) mass is 218 g/mol. The first-order valence-corrected chi connectivity index (χ1v) is 4.66. The molecule has 0 bridgehead atoms. The van der Waals surface area contributed by atoms with E-state index in [9.17, 15) is 9.59 Å². The predicted molar refractivity (Wildman–Crippen MR) is 57.4 cm³/mol. The molecular formula is C11H10N2O3. The van der Waals surface area contributed by atoms with Gasteiger partial charge >= 0.3 is 5.97 Å². The molecule has 16 heavy (non-hydrogen) atoms. The lowest BCUT2D eigenvalue weighted by molar-refractivity contribution is 0.0603. The minimum atomic E-state index is -0.493. The van der Waals surface area contributed by atoms with E-state index < -0.39 is 5.97 Å². The molecular weight excluding hydrogens is 208 g/mol. The van der Waals surface area contributed by atoms with Crippen LogP contribution in [0.4, 0.5) is 0 Å². The topological polar surface area (TPSA) is 61.2 Å². The number of aromatic nitrogens is 2. The van der Waals surface area contributed by atoms with Crippen molar-refractivity contribution in [3.8, 4) is 0 Å². The molecule has 5 heteroatoms. The average Bonchev–Trinajstić information content (AvgIpc) is 2.69. The quantitative estimate of drug-likeness (QED) is 0.560. The fourth-order valence-electron chi connectivity index (χ4n) is 1.59. The first kappa shape index (κ1) is 10.4. The highest BCUT2D eigenvalue weighted by molar-refractivity contribution is 6.04. The number of fused-ring (bicyclic) bond motifs is 1. The zero-order chi connectivity index (χ0) is 11.7. The summed E-state index contributed by atoms with van der Waals surface area (Å²) < 4.78 is 6.39. The maximum atomic E-state index is 11.5. The van der Waals surface area contributed by atoms with E-state index in [1.54, 1.807) is 24.0 Å². The maximum absolute atomic E-state index is 11.5. The van der Waals surface area contributed by atoms with Crippen molar-refractivity contribution in [2.45, 2.75) is 0 Å². The van der Waals surface area contributed by atoms with E-state index in [4.69, 9.17) is 0 Å². The zero-order valence-corrected chi connectivity index (χ0v) is 8.93. The first-order valence-electron chi connectivity index (χ1n) is 4.66. The molecule has 5 nitrogen and oxygen atoms in total. The van der Waals surface area contributed by atoms with Gasteiger partial charge in [0.25, 0.3) is 0 Å². The molecule has 0 amide bonds. The van der Waals surface area contributed by atoms with Gasteiger partial charge in [-0.15, -0.1) is 0 Å². The Labute approximate surface area is 91.6 Å². The Morgan fingerprint density at radius 2 is 2.25 bits per heavy atom. The second-order valence-corrected chi connectivity index (χ2v) is 3.40. The van der Waals surface area contributed by atoms with Crippen LogP contribution >= 0.6 is 0 Å². The highest BCUT2D eigenvalue weighted by Crippen LogP contribution is 2.19. The molecule has 1 aromatic carbocycles. The number of rotatable bonds is 2. The van der Waals surface area contributed by atoms with E-state index in [2.05, 4.69) is 9.72 Å². The molecule has 82 valence electrons. The third-order valence-corrected chi connectivity index (χ3v) is 2.39. The van der Waals surface area contributed by atoms with E-state index in [0.717, 1.165) is 5.52 Å². The summed E-state index contributed by atoms with van der Waals surface area (Å²) in [5, 5.41) is 0. The molecule has 0 aliphatic heterocycles. The van der Waals surface area contributed by atoms with Crippen molar-refractivity contribution < 1.29 is 14.3 Å². The number of imidazole rings is 1. The van der Waals surface area contributed by atoms with Crippen LogP contribution in [-0.4, -0.2) is 28.9 Å². The van der Waals surface area contributed by atoms with Crippen LogP contribution in [0.5, 0.6) is 0 Å². The average molecular weight is 218 g/mol. The number of carbonyl (C=O) groups excluding carboxylic acids is 2. The molecule has 0 spiro atoms. The lowest BCUT2D eigenvalue weighted by atomic mass is 10.1. The van der Waals surface area contributed by atoms with Crippen LogP contribution in [0.3, 0.4) is 0 Å². The van der Waals surface area contributed by atoms with Gasteiger partial charge < -0.3 is 9.30 Å². The molecule has 0 unspecified atom stereocenters. The van der Waals surface area contributed by atoms with Gasteiger partial charge in [0.2, 0.25) is 0 Å². The van der Waals surface area contributed by atoms with Gasteiger partial charge in [-0.25, -0.2) is 9.78 Å².